The first-order valence-corrected chi connectivity index (χ1v) is 8.19. The molecule has 0 fully saturated rings. The maximum atomic E-state index is 12.9. The Hall–Kier alpha value is -1.81. The number of carbonyl (C=O) groups excluding carboxylic acids is 1. The van der Waals surface area contributed by atoms with Gasteiger partial charge in [0.15, 0.2) is 0 Å². The van der Waals surface area contributed by atoms with Gasteiger partial charge in [-0.25, -0.2) is 4.39 Å². The lowest BCUT2D eigenvalue weighted by molar-refractivity contribution is -0.119. The van der Waals surface area contributed by atoms with E-state index >= 15 is 0 Å². The summed E-state index contributed by atoms with van der Waals surface area (Å²) in [4.78, 5) is 13.2. The standard InChI is InChI=1S/C18H20FNOS/c1-12-4-9-17(13(2)10-12)22-11-18(21)20-14(3)15-5-7-16(19)8-6-15/h4-10,14H,11H2,1-3H3,(H,20,21)/t14-/m0/s1. The molecule has 0 saturated heterocycles. The minimum Gasteiger partial charge on any atom is -0.349 e. The Kier molecular flexibility index (Phi) is 5.61. The van der Waals surface area contributed by atoms with Crippen LogP contribution in [0.2, 0.25) is 0 Å². The van der Waals surface area contributed by atoms with Crippen LogP contribution in [0.3, 0.4) is 0 Å². The Morgan fingerprint density at radius 2 is 1.86 bits per heavy atom. The van der Waals surface area contributed by atoms with Gasteiger partial charge in [-0.1, -0.05) is 29.8 Å². The summed E-state index contributed by atoms with van der Waals surface area (Å²) in [6.45, 7) is 6.00. The second kappa shape index (κ2) is 7.45. The third kappa shape index (κ3) is 4.60. The monoisotopic (exact) mass is 317 g/mol. The van der Waals surface area contributed by atoms with Crippen molar-refractivity contribution < 1.29 is 9.18 Å². The maximum absolute atomic E-state index is 12.9. The number of benzene rings is 2. The summed E-state index contributed by atoms with van der Waals surface area (Å²) in [6, 6.07) is 12.3. The number of amides is 1. The van der Waals surface area contributed by atoms with E-state index in [0.29, 0.717) is 5.75 Å². The molecule has 0 bridgehead atoms. The highest BCUT2D eigenvalue weighted by Gasteiger charge is 2.10. The molecule has 2 aromatic rings. The molecule has 4 heteroatoms. The van der Waals surface area contributed by atoms with Gasteiger partial charge in [-0.3, -0.25) is 4.79 Å². The molecule has 0 aliphatic heterocycles. The van der Waals surface area contributed by atoms with Crippen molar-refractivity contribution in [3.8, 4) is 0 Å². The molecule has 2 aromatic carbocycles. The molecular weight excluding hydrogens is 297 g/mol. The topological polar surface area (TPSA) is 29.1 Å². The molecule has 0 heterocycles. The average Bonchev–Trinajstić information content (AvgIpc) is 2.47. The van der Waals surface area contributed by atoms with Crippen molar-refractivity contribution >= 4 is 17.7 Å². The molecule has 2 nitrogen and oxygen atoms in total. The van der Waals surface area contributed by atoms with Crippen molar-refractivity contribution in [3.05, 3.63) is 65.0 Å². The maximum Gasteiger partial charge on any atom is 0.230 e. The number of hydrogen-bond donors (Lipinski definition) is 1. The predicted molar refractivity (Wildman–Crippen MR) is 89.6 cm³/mol. The molecule has 0 aromatic heterocycles. The third-order valence-corrected chi connectivity index (χ3v) is 4.61. The average molecular weight is 317 g/mol. The third-order valence-electron chi connectivity index (χ3n) is 3.44. The van der Waals surface area contributed by atoms with E-state index in [4.69, 9.17) is 0 Å². The minimum atomic E-state index is -0.271. The summed E-state index contributed by atoms with van der Waals surface area (Å²) in [6.07, 6.45) is 0. The fourth-order valence-corrected chi connectivity index (χ4v) is 3.04. The normalized spacial score (nSPS) is 12.0. The molecular formula is C18H20FNOS. The Balaban J connectivity index is 1.88. The van der Waals surface area contributed by atoms with Gasteiger partial charge >= 0.3 is 0 Å². The van der Waals surface area contributed by atoms with Crippen LogP contribution >= 0.6 is 11.8 Å². The van der Waals surface area contributed by atoms with Crippen LogP contribution in [0, 0.1) is 19.7 Å². The highest BCUT2D eigenvalue weighted by atomic mass is 32.2. The van der Waals surface area contributed by atoms with Crippen molar-refractivity contribution in [2.24, 2.45) is 0 Å². The number of nitrogens with one attached hydrogen (secondary N) is 1. The Bertz CT molecular complexity index is 655. The van der Waals surface area contributed by atoms with Crippen molar-refractivity contribution in [1.82, 2.24) is 5.32 Å². The zero-order chi connectivity index (χ0) is 16.1. The van der Waals surface area contributed by atoms with Gasteiger partial charge in [-0.15, -0.1) is 11.8 Å². The number of rotatable bonds is 5. The summed E-state index contributed by atoms with van der Waals surface area (Å²) in [7, 11) is 0. The molecule has 1 N–H and O–H groups in total. The van der Waals surface area contributed by atoms with Crippen LogP contribution in [0.4, 0.5) is 4.39 Å². The van der Waals surface area contributed by atoms with Gasteiger partial charge in [-0.05, 0) is 50.1 Å². The van der Waals surface area contributed by atoms with Crippen LogP contribution in [-0.2, 0) is 4.79 Å². The molecule has 0 spiro atoms. The molecule has 2 rings (SSSR count). The summed E-state index contributed by atoms with van der Waals surface area (Å²) >= 11 is 1.53. The molecule has 0 unspecified atom stereocenters. The number of thioether (sulfide) groups is 1. The lowest BCUT2D eigenvalue weighted by Gasteiger charge is -2.14. The van der Waals surface area contributed by atoms with Crippen LogP contribution in [0.25, 0.3) is 0 Å². The molecule has 0 radical (unpaired) electrons. The first-order valence-electron chi connectivity index (χ1n) is 7.20. The molecule has 0 aliphatic rings. The van der Waals surface area contributed by atoms with Gasteiger partial charge in [-0.2, -0.15) is 0 Å². The number of carbonyl (C=O) groups is 1. The van der Waals surface area contributed by atoms with Crippen LogP contribution in [0.15, 0.2) is 47.4 Å². The van der Waals surface area contributed by atoms with E-state index in [1.807, 2.05) is 26.0 Å². The minimum absolute atomic E-state index is 0.0261. The molecule has 22 heavy (non-hydrogen) atoms. The number of aryl methyl sites for hydroxylation is 2. The highest BCUT2D eigenvalue weighted by Crippen LogP contribution is 2.23. The van der Waals surface area contributed by atoms with Crippen LogP contribution in [-0.4, -0.2) is 11.7 Å². The van der Waals surface area contributed by atoms with Crippen molar-refractivity contribution in [3.63, 3.8) is 0 Å². The zero-order valence-electron chi connectivity index (χ0n) is 13.0. The summed E-state index contributed by atoms with van der Waals surface area (Å²) in [5.74, 6) is 0.0737. The van der Waals surface area contributed by atoms with Gasteiger partial charge in [0, 0.05) is 4.90 Å². The largest absolute Gasteiger partial charge is 0.349 e. The lowest BCUT2D eigenvalue weighted by Crippen LogP contribution is -2.28. The van der Waals surface area contributed by atoms with Crippen molar-refractivity contribution in [2.75, 3.05) is 5.75 Å². The van der Waals surface area contributed by atoms with Crippen molar-refractivity contribution in [1.29, 1.82) is 0 Å². The predicted octanol–water partition coefficient (Wildman–Crippen LogP) is 4.41. The molecule has 1 amide bonds. The van der Waals surface area contributed by atoms with E-state index in [-0.39, 0.29) is 17.8 Å². The molecule has 0 saturated carbocycles. The van der Waals surface area contributed by atoms with Crippen LogP contribution < -0.4 is 5.32 Å². The molecule has 0 aliphatic carbocycles. The Morgan fingerprint density at radius 3 is 2.50 bits per heavy atom. The first kappa shape index (κ1) is 16.6. The summed E-state index contributed by atoms with van der Waals surface area (Å²) < 4.78 is 12.9. The van der Waals surface area contributed by atoms with Gasteiger partial charge < -0.3 is 5.32 Å². The molecule has 116 valence electrons. The zero-order valence-corrected chi connectivity index (χ0v) is 13.8. The van der Waals surface area contributed by atoms with E-state index in [1.165, 1.54) is 35.0 Å². The summed E-state index contributed by atoms with van der Waals surface area (Å²) in [5, 5.41) is 2.93. The van der Waals surface area contributed by atoms with Crippen LogP contribution in [0.1, 0.15) is 29.7 Å². The van der Waals surface area contributed by atoms with Gasteiger partial charge in [0.25, 0.3) is 0 Å². The van der Waals surface area contributed by atoms with E-state index < -0.39 is 0 Å². The van der Waals surface area contributed by atoms with E-state index in [1.54, 1.807) is 12.1 Å². The second-order valence-electron chi connectivity index (χ2n) is 5.40. The Labute approximate surface area is 135 Å². The van der Waals surface area contributed by atoms with Gasteiger partial charge in [0.1, 0.15) is 5.82 Å². The van der Waals surface area contributed by atoms with Crippen molar-refractivity contribution in [2.45, 2.75) is 31.7 Å². The lowest BCUT2D eigenvalue weighted by atomic mass is 10.1. The quantitative estimate of drug-likeness (QED) is 0.828. The van der Waals surface area contributed by atoms with E-state index in [9.17, 15) is 9.18 Å². The SMILES string of the molecule is Cc1ccc(SCC(=O)N[C@@H](C)c2ccc(F)cc2)c(C)c1. The summed E-state index contributed by atoms with van der Waals surface area (Å²) in [5.41, 5.74) is 3.30. The van der Waals surface area contributed by atoms with E-state index in [0.717, 1.165) is 10.5 Å². The highest BCUT2D eigenvalue weighted by molar-refractivity contribution is 8.00. The first-order chi connectivity index (χ1) is 10.5. The van der Waals surface area contributed by atoms with Gasteiger partial charge in [0.2, 0.25) is 5.91 Å². The number of hydrogen-bond acceptors (Lipinski definition) is 2. The second-order valence-corrected chi connectivity index (χ2v) is 6.42. The van der Waals surface area contributed by atoms with E-state index in [2.05, 4.69) is 18.3 Å². The fraction of sp³-hybridized carbons (Fsp3) is 0.278. The Morgan fingerprint density at radius 1 is 1.18 bits per heavy atom. The number of halogens is 1. The smallest absolute Gasteiger partial charge is 0.230 e. The fourth-order valence-electron chi connectivity index (χ4n) is 2.22. The molecule has 1 atom stereocenters. The van der Waals surface area contributed by atoms with Gasteiger partial charge in [0.05, 0.1) is 11.8 Å². The van der Waals surface area contributed by atoms with Crippen LogP contribution in [0.5, 0.6) is 0 Å².